The molecule has 1 heterocycles. The van der Waals surface area contributed by atoms with E-state index in [2.05, 4.69) is 22.0 Å². The molecule has 0 aliphatic rings. The fourth-order valence-electron chi connectivity index (χ4n) is 2.36. The van der Waals surface area contributed by atoms with Crippen LogP contribution in [0.25, 0.3) is 11.0 Å². The van der Waals surface area contributed by atoms with Crippen LogP contribution in [0.4, 0.5) is 0 Å². The van der Waals surface area contributed by atoms with Crippen LogP contribution >= 0.6 is 11.6 Å². The van der Waals surface area contributed by atoms with Crippen molar-refractivity contribution in [2.75, 3.05) is 6.54 Å². The molecule has 0 saturated heterocycles. The number of benzene rings is 2. The van der Waals surface area contributed by atoms with Crippen molar-refractivity contribution in [3.8, 4) is 0 Å². The predicted octanol–water partition coefficient (Wildman–Crippen LogP) is 3.44. The number of fused-ring (bicyclic) bond motifs is 1. The quantitative estimate of drug-likeness (QED) is 0.730. The first kappa shape index (κ1) is 15.2. The molecule has 0 bridgehead atoms. The largest absolute Gasteiger partial charge is 0.331 e. The van der Waals surface area contributed by atoms with E-state index < -0.39 is 0 Å². The number of carbonyl (C=O) groups excluding carboxylic acids is 1. The third-order valence-corrected chi connectivity index (χ3v) is 3.89. The molecule has 0 atom stereocenters. The smallest absolute Gasteiger partial charge is 0.254 e. The number of nitrogens with one attached hydrogen (secondary N) is 1. The number of nitrogens with zero attached hydrogens (tertiary/aromatic N) is 3. The minimum Gasteiger partial charge on any atom is -0.331 e. The molecular formula is C17H15ClN4O. The summed E-state index contributed by atoms with van der Waals surface area (Å²) in [6, 6.07) is 12.7. The Morgan fingerprint density at radius 3 is 2.78 bits per heavy atom. The highest BCUT2D eigenvalue weighted by Crippen LogP contribution is 2.19. The van der Waals surface area contributed by atoms with Gasteiger partial charge in [-0.15, -0.1) is 6.58 Å². The number of aromatic nitrogens is 3. The van der Waals surface area contributed by atoms with Crippen LogP contribution < -0.4 is 0 Å². The molecule has 2 aromatic carbocycles. The lowest BCUT2D eigenvalue weighted by molar-refractivity contribution is 0.0763. The fourth-order valence-corrected chi connectivity index (χ4v) is 2.56. The van der Waals surface area contributed by atoms with Gasteiger partial charge in [0.25, 0.3) is 5.91 Å². The SMILES string of the molecule is C=CCN(Cc1ccccc1Cl)C(=O)c1ccc2n[nH]nc2c1. The van der Waals surface area contributed by atoms with Crippen molar-refractivity contribution in [3.05, 3.63) is 71.3 Å². The molecular weight excluding hydrogens is 312 g/mol. The number of H-pyrrole nitrogens is 1. The monoisotopic (exact) mass is 326 g/mol. The summed E-state index contributed by atoms with van der Waals surface area (Å²) in [5, 5.41) is 11.2. The van der Waals surface area contributed by atoms with E-state index in [0.717, 1.165) is 11.1 Å². The summed E-state index contributed by atoms with van der Waals surface area (Å²) in [6.45, 7) is 4.58. The Balaban J connectivity index is 1.88. The summed E-state index contributed by atoms with van der Waals surface area (Å²) in [5.74, 6) is -0.102. The molecule has 0 spiro atoms. The average molecular weight is 327 g/mol. The van der Waals surface area contributed by atoms with Gasteiger partial charge in [0.15, 0.2) is 0 Å². The fraction of sp³-hybridized carbons (Fsp3) is 0.118. The zero-order chi connectivity index (χ0) is 16.2. The van der Waals surface area contributed by atoms with Gasteiger partial charge in [-0.25, -0.2) is 0 Å². The van der Waals surface area contributed by atoms with Crippen LogP contribution in [0.2, 0.25) is 5.02 Å². The second-order valence-electron chi connectivity index (χ2n) is 5.09. The van der Waals surface area contributed by atoms with Gasteiger partial charge in [0.2, 0.25) is 0 Å². The van der Waals surface area contributed by atoms with Crippen molar-refractivity contribution in [2.45, 2.75) is 6.54 Å². The topological polar surface area (TPSA) is 61.9 Å². The lowest BCUT2D eigenvalue weighted by atomic mass is 10.1. The van der Waals surface area contributed by atoms with Gasteiger partial charge in [-0.05, 0) is 29.8 Å². The maximum absolute atomic E-state index is 12.8. The Labute approximate surface area is 138 Å². The molecule has 23 heavy (non-hydrogen) atoms. The van der Waals surface area contributed by atoms with E-state index in [9.17, 15) is 4.79 Å². The van der Waals surface area contributed by atoms with Crippen molar-refractivity contribution >= 4 is 28.5 Å². The van der Waals surface area contributed by atoms with Crippen LogP contribution in [0, 0.1) is 0 Å². The van der Waals surface area contributed by atoms with Crippen LogP contribution in [-0.2, 0) is 6.54 Å². The molecule has 0 aliphatic heterocycles. The molecule has 3 aromatic rings. The third-order valence-electron chi connectivity index (χ3n) is 3.52. The highest BCUT2D eigenvalue weighted by atomic mass is 35.5. The van der Waals surface area contributed by atoms with Crippen molar-refractivity contribution in [3.63, 3.8) is 0 Å². The number of aromatic amines is 1. The molecule has 1 aromatic heterocycles. The van der Waals surface area contributed by atoms with Gasteiger partial charge in [0.05, 0.1) is 0 Å². The van der Waals surface area contributed by atoms with Gasteiger partial charge >= 0.3 is 0 Å². The molecule has 0 aliphatic carbocycles. The van der Waals surface area contributed by atoms with Crippen LogP contribution in [0.1, 0.15) is 15.9 Å². The molecule has 1 N–H and O–H groups in total. The number of hydrogen-bond donors (Lipinski definition) is 1. The normalized spacial score (nSPS) is 10.7. The van der Waals surface area contributed by atoms with Gasteiger partial charge in [-0.2, -0.15) is 15.4 Å². The molecule has 0 unspecified atom stereocenters. The molecule has 1 amide bonds. The minimum absolute atomic E-state index is 0.102. The van der Waals surface area contributed by atoms with E-state index in [1.807, 2.05) is 24.3 Å². The van der Waals surface area contributed by atoms with E-state index in [0.29, 0.717) is 29.2 Å². The molecule has 3 rings (SSSR count). The summed E-state index contributed by atoms with van der Waals surface area (Å²) < 4.78 is 0. The Hall–Kier alpha value is -2.66. The van der Waals surface area contributed by atoms with Crippen molar-refractivity contribution in [1.82, 2.24) is 20.3 Å². The number of amides is 1. The number of carbonyl (C=O) groups is 1. The summed E-state index contributed by atoms with van der Waals surface area (Å²) in [7, 11) is 0. The number of rotatable bonds is 5. The van der Waals surface area contributed by atoms with E-state index >= 15 is 0 Å². The standard InChI is InChI=1S/C17H15ClN4O/c1-2-9-22(11-13-5-3-4-6-14(13)18)17(23)12-7-8-15-16(10-12)20-21-19-15/h2-8,10H,1,9,11H2,(H,19,20,21). The van der Waals surface area contributed by atoms with Crippen LogP contribution in [-0.4, -0.2) is 32.8 Å². The van der Waals surface area contributed by atoms with Gasteiger partial charge < -0.3 is 4.90 Å². The predicted molar refractivity (Wildman–Crippen MR) is 90.3 cm³/mol. The van der Waals surface area contributed by atoms with Crippen molar-refractivity contribution in [2.24, 2.45) is 0 Å². The highest BCUT2D eigenvalue weighted by molar-refractivity contribution is 6.31. The highest BCUT2D eigenvalue weighted by Gasteiger charge is 2.17. The summed E-state index contributed by atoms with van der Waals surface area (Å²) in [4.78, 5) is 14.5. The first-order chi connectivity index (χ1) is 11.2. The van der Waals surface area contributed by atoms with Crippen LogP contribution in [0.5, 0.6) is 0 Å². The molecule has 5 nitrogen and oxygen atoms in total. The molecule has 0 radical (unpaired) electrons. The van der Waals surface area contributed by atoms with Crippen molar-refractivity contribution in [1.29, 1.82) is 0 Å². The lowest BCUT2D eigenvalue weighted by Gasteiger charge is -2.22. The molecule has 6 heteroatoms. The molecule has 116 valence electrons. The number of halogens is 1. The summed E-state index contributed by atoms with van der Waals surface area (Å²) >= 11 is 6.20. The lowest BCUT2D eigenvalue weighted by Crippen LogP contribution is -2.30. The van der Waals surface area contributed by atoms with E-state index in [-0.39, 0.29) is 5.91 Å². The Morgan fingerprint density at radius 1 is 1.22 bits per heavy atom. The number of hydrogen-bond acceptors (Lipinski definition) is 3. The first-order valence-electron chi connectivity index (χ1n) is 7.13. The zero-order valence-electron chi connectivity index (χ0n) is 12.4. The van der Waals surface area contributed by atoms with Gasteiger partial charge in [0.1, 0.15) is 11.0 Å². The maximum Gasteiger partial charge on any atom is 0.254 e. The third kappa shape index (κ3) is 3.24. The Morgan fingerprint density at radius 2 is 2.00 bits per heavy atom. The van der Waals surface area contributed by atoms with E-state index in [1.165, 1.54) is 0 Å². The second kappa shape index (κ2) is 6.62. The minimum atomic E-state index is -0.102. The Bertz CT molecular complexity index is 858. The first-order valence-corrected chi connectivity index (χ1v) is 7.51. The molecule has 0 fully saturated rings. The van der Waals surface area contributed by atoms with Crippen molar-refractivity contribution < 1.29 is 4.79 Å². The Kier molecular flexibility index (Phi) is 4.39. The zero-order valence-corrected chi connectivity index (χ0v) is 13.1. The summed E-state index contributed by atoms with van der Waals surface area (Å²) in [6.07, 6.45) is 1.70. The van der Waals surface area contributed by atoms with Crippen LogP contribution in [0.15, 0.2) is 55.1 Å². The van der Waals surface area contributed by atoms with Gasteiger partial charge in [-0.3, -0.25) is 4.79 Å². The van der Waals surface area contributed by atoms with E-state index in [1.54, 1.807) is 29.2 Å². The average Bonchev–Trinajstić information content (AvgIpc) is 3.03. The van der Waals surface area contributed by atoms with Gasteiger partial charge in [0, 0.05) is 23.7 Å². The van der Waals surface area contributed by atoms with Gasteiger partial charge in [-0.1, -0.05) is 35.9 Å². The summed E-state index contributed by atoms with van der Waals surface area (Å²) in [5.41, 5.74) is 2.84. The molecule has 0 saturated carbocycles. The van der Waals surface area contributed by atoms with E-state index in [4.69, 9.17) is 11.6 Å². The maximum atomic E-state index is 12.8. The second-order valence-corrected chi connectivity index (χ2v) is 5.50. The van der Waals surface area contributed by atoms with Crippen LogP contribution in [0.3, 0.4) is 0 Å².